The highest BCUT2D eigenvalue weighted by atomic mass is 15.2. The van der Waals surface area contributed by atoms with Gasteiger partial charge in [-0.25, -0.2) is 0 Å². The Bertz CT molecular complexity index is 308. The van der Waals surface area contributed by atoms with E-state index in [2.05, 4.69) is 41.2 Å². The number of aromatic nitrogens is 1. The molecule has 1 aliphatic rings. The van der Waals surface area contributed by atoms with Crippen molar-refractivity contribution in [2.45, 2.75) is 25.9 Å². The van der Waals surface area contributed by atoms with Gasteiger partial charge in [0.25, 0.3) is 0 Å². The fraction of sp³-hybridized carbons (Fsp3) is 0.583. The largest absolute Gasteiger partial charge is 0.309 e. The molecule has 0 amide bonds. The maximum atomic E-state index is 4.36. The van der Waals surface area contributed by atoms with E-state index in [1.165, 1.54) is 0 Å². The first kappa shape index (κ1) is 10.6. The molecule has 0 spiro atoms. The van der Waals surface area contributed by atoms with E-state index in [1.807, 2.05) is 12.3 Å². The van der Waals surface area contributed by atoms with Crippen molar-refractivity contribution < 1.29 is 0 Å². The molecule has 3 heteroatoms. The minimum absolute atomic E-state index is 0.229. The lowest BCUT2D eigenvalue weighted by molar-refractivity contribution is 0.147. The third-order valence-corrected chi connectivity index (χ3v) is 2.76. The van der Waals surface area contributed by atoms with E-state index >= 15 is 0 Å². The molecule has 0 saturated carbocycles. The smallest absolute Gasteiger partial charge is 0.0543 e. The van der Waals surface area contributed by atoms with E-state index in [0.717, 1.165) is 31.9 Å². The van der Waals surface area contributed by atoms with Gasteiger partial charge in [0.1, 0.15) is 0 Å². The molecule has 82 valence electrons. The van der Waals surface area contributed by atoms with Crippen LogP contribution in [0.15, 0.2) is 24.4 Å². The van der Waals surface area contributed by atoms with Crippen LogP contribution in [0.4, 0.5) is 0 Å². The van der Waals surface area contributed by atoms with Crippen LogP contribution in [0.1, 0.15) is 19.5 Å². The zero-order valence-corrected chi connectivity index (χ0v) is 9.53. The standard InChI is InChI=1S/C12H19N3/c1-12(2)10-15(8-7-14-12)9-11-5-3-4-6-13-11/h3-6,14H,7-10H2,1-2H3. The summed E-state index contributed by atoms with van der Waals surface area (Å²) in [5, 5.41) is 3.51. The number of piperazine rings is 1. The maximum Gasteiger partial charge on any atom is 0.0543 e. The molecule has 1 fully saturated rings. The van der Waals surface area contributed by atoms with Gasteiger partial charge in [-0.1, -0.05) is 6.07 Å². The average molecular weight is 205 g/mol. The van der Waals surface area contributed by atoms with Crippen molar-refractivity contribution in [2.24, 2.45) is 0 Å². The molecular weight excluding hydrogens is 186 g/mol. The molecule has 0 atom stereocenters. The first-order valence-corrected chi connectivity index (χ1v) is 5.53. The quantitative estimate of drug-likeness (QED) is 0.788. The molecule has 0 aliphatic carbocycles. The summed E-state index contributed by atoms with van der Waals surface area (Å²) in [4.78, 5) is 6.82. The van der Waals surface area contributed by atoms with Crippen LogP contribution in [0.5, 0.6) is 0 Å². The molecular formula is C12H19N3. The number of nitrogens with one attached hydrogen (secondary N) is 1. The molecule has 1 aromatic rings. The van der Waals surface area contributed by atoms with Crippen molar-refractivity contribution in [3.05, 3.63) is 30.1 Å². The minimum Gasteiger partial charge on any atom is -0.309 e. The maximum absolute atomic E-state index is 4.36. The number of rotatable bonds is 2. The Kier molecular flexibility index (Phi) is 3.03. The SMILES string of the molecule is CC1(C)CN(Cc2ccccn2)CCN1. The molecule has 1 aromatic heterocycles. The third-order valence-electron chi connectivity index (χ3n) is 2.76. The lowest BCUT2D eigenvalue weighted by Gasteiger charge is -2.38. The van der Waals surface area contributed by atoms with Gasteiger partial charge >= 0.3 is 0 Å². The van der Waals surface area contributed by atoms with Gasteiger partial charge in [0.15, 0.2) is 0 Å². The first-order valence-electron chi connectivity index (χ1n) is 5.53. The second-order valence-corrected chi connectivity index (χ2v) is 4.84. The van der Waals surface area contributed by atoms with Crippen molar-refractivity contribution in [1.82, 2.24) is 15.2 Å². The molecule has 0 aromatic carbocycles. The van der Waals surface area contributed by atoms with Crippen LogP contribution >= 0.6 is 0 Å². The van der Waals surface area contributed by atoms with Gasteiger partial charge in [0.2, 0.25) is 0 Å². The molecule has 0 radical (unpaired) electrons. The summed E-state index contributed by atoms with van der Waals surface area (Å²) in [6, 6.07) is 6.11. The molecule has 1 aliphatic heterocycles. The zero-order valence-electron chi connectivity index (χ0n) is 9.53. The summed E-state index contributed by atoms with van der Waals surface area (Å²) in [6.45, 7) is 8.73. The number of hydrogen-bond acceptors (Lipinski definition) is 3. The summed E-state index contributed by atoms with van der Waals surface area (Å²) >= 11 is 0. The summed E-state index contributed by atoms with van der Waals surface area (Å²) in [6.07, 6.45) is 1.86. The van der Waals surface area contributed by atoms with Crippen LogP contribution in [0, 0.1) is 0 Å². The molecule has 2 heterocycles. The summed E-state index contributed by atoms with van der Waals surface area (Å²) in [5.41, 5.74) is 1.39. The molecule has 3 nitrogen and oxygen atoms in total. The number of pyridine rings is 1. The highest BCUT2D eigenvalue weighted by Crippen LogP contribution is 2.12. The van der Waals surface area contributed by atoms with Crippen LogP contribution in [-0.2, 0) is 6.54 Å². The summed E-state index contributed by atoms with van der Waals surface area (Å²) in [5.74, 6) is 0. The third kappa shape index (κ3) is 3.01. The zero-order chi connectivity index (χ0) is 10.7. The van der Waals surface area contributed by atoms with Crippen LogP contribution in [0.25, 0.3) is 0 Å². The molecule has 1 saturated heterocycles. The van der Waals surface area contributed by atoms with Crippen LogP contribution in [0.3, 0.4) is 0 Å². The van der Waals surface area contributed by atoms with Crippen molar-refractivity contribution in [2.75, 3.05) is 19.6 Å². The average Bonchev–Trinajstić information content (AvgIpc) is 2.17. The van der Waals surface area contributed by atoms with Gasteiger partial charge in [-0.2, -0.15) is 0 Å². The Morgan fingerprint density at radius 3 is 3.00 bits per heavy atom. The predicted octanol–water partition coefficient (Wildman–Crippen LogP) is 1.27. The first-order chi connectivity index (χ1) is 7.16. The van der Waals surface area contributed by atoms with E-state index in [1.54, 1.807) is 0 Å². The monoisotopic (exact) mass is 205 g/mol. The summed E-state index contributed by atoms with van der Waals surface area (Å²) < 4.78 is 0. The second-order valence-electron chi connectivity index (χ2n) is 4.84. The van der Waals surface area contributed by atoms with Crippen molar-refractivity contribution in [3.63, 3.8) is 0 Å². The fourth-order valence-corrected chi connectivity index (χ4v) is 2.10. The van der Waals surface area contributed by atoms with Crippen molar-refractivity contribution in [1.29, 1.82) is 0 Å². The summed E-state index contributed by atoms with van der Waals surface area (Å²) in [7, 11) is 0. The van der Waals surface area contributed by atoms with E-state index in [0.29, 0.717) is 0 Å². The second kappa shape index (κ2) is 4.29. The lowest BCUT2D eigenvalue weighted by Crippen LogP contribution is -2.56. The van der Waals surface area contributed by atoms with E-state index in [9.17, 15) is 0 Å². The molecule has 15 heavy (non-hydrogen) atoms. The Morgan fingerprint density at radius 2 is 2.33 bits per heavy atom. The van der Waals surface area contributed by atoms with E-state index < -0.39 is 0 Å². The Labute approximate surface area is 91.5 Å². The Morgan fingerprint density at radius 1 is 1.47 bits per heavy atom. The normalized spacial score (nSPS) is 21.5. The van der Waals surface area contributed by atoms with Gasteiger partial charge in [0, 0.05) is 37.9 Å². The van der Waals surface area contributed by atoms with Crippen LogP contribution < -0.4 is 5.32 Å². The highest BCUT2D eigenvalue weighted by Gasteiger charge is 2.25. The van der Waals surface area contributed by atoms with E-state index in [-0.39, 0.29) is 5.54 Å². The fourth-order valence-electron chi connectivity index (χ4n) is 2.10. The Balaban J connectivity index is 1.95. The highest BCUT2D eigenvalue weighted by molar-refractivity contribution is 5.04. The Hall–Kier alpha value is -0.930. The van der Waals surface area contributed by atoms with Crippen molar-refractivity contribution >= 4 is 0 Å². The van der Waals surface area contributed by atoms with Crippen LogP contribution in [-0.4, -0.2) is 35.1 Å². The van der Waals surface area contributed by atoms with Crippen molar-refractivity contribution in [3.8, 4) is 0 Å². The van der Waals surface area contributed by atoms with Crippen LogP contribution in [0.2, 0.25) is 0 Å². The topological polar surface area (TPSA) is 28.2 Å². The lowest BCUT2D eigenvalue weighted by atomic mass is 10.0. The number of nitrogens with zero attached hydrogens (tertiary/aromatic N) is 2. The number of hydrogen-bond donors (Lipinski definition) is 1. The molecule has 2 rings (SSSR count). The predicted molar refractivity (Wildman–Crippen MR) is 61.6 cm³/mol. The van der Waals surface area contributed by atoms with Gasteiger partial charge in [0.05, 0.1) is 5.69 Å². The molecule has 1 N–H and O–H groups in total. The minimum atomic E-state index is 0.229. The molecule has 0 bridgehead atoms. The van der Waals surface area contributed by atoms with Gasteiger partial charge in [-0.05, 0) is 26.0 Å². The van der Waals surface area contributed by atoms with Gasteiger partial charge in [-0.3, -0.25) is 9.88 Å². The van der Waals surface area contributed by atoms with Gasteiger partial charge < -0.3 is 5.32 Å². The van der Waals surface area contributed by atoms with E-state index in [4.69, 9.17) is 0 Å². The van der Waals surface area contributed by atoms with Gasteiger partial charge in [-0.15, -0.1) is 0 Å². The molecule has 0 unspecified atom stereocenters.